The topological polar surface area (TPSA) is 46.5 Å². The van der Waals surface area contributed by atoms with E-state index in [0.717, 1.165) is 26.9 Å². The molecular weight excluding hydrogens is 368 g/mol. The van der Waals surface area contributed by atoms with Crippen LogP contribution >= 0.6 is 15.9 Å². The molecule has 3 nitrogen and oxygen atoms in total. The molecule has 128 valence electrons. The van der Waals surface area contributed by atoms with Crippen molar-refractivity contribution in [2.24, 2.45) is 0 Å². The Morgan fingerprint density at radius 3 is 2.25 bits per heavy atom. The molecule has 2 rings (SSSR count). The van der Waals surface area contributed by atoms with Gasteiger partial charge in [-0.15, -0.1) is 0 Å². The van der Waals surface area contributed by atoms with Gasteiger partial charge < -0.3 is 9.84 Å². The Labute approximate surface area is 151 Å². The van der Waals surface area contributed by atoms with Gasteiger partial charge in [0.15, 0.2) is 0 Å². The van der Waals surface area contributed by atoms with Gasteiger partial charge in [-0.25, -0.2) is 0 Å². The molecule has 0 fully saturated rings. The molecule has 0 aliphatic heterocycles. The number of carboxylic acids is 1. The van der Waals surface area contributed by atoms with Gasteiger partial charge in [0, 0.05) is 5.56 Å². The first kappa shape index (κ1) is 18.5. The van der Waals surface area contributed by atoms with Crippen LogP contribution in [0.25, 0.3) is 0 Å². The van der Waals surface area contributed by atoms with Crippen molar-refractivity contribution in [2.75, 3.05) is 0 Å². The second-order valence-electron chi connectivity index (χ2n) is 7.05. The third kappa shape index (κ3) is 4.84. The molecule has 24 heavy (non-hydrogen) atoms. The van der Waals surface area contributed by atoms with Gasteiger partial charge in [-0.2, -0.15) is 0 Å². The lowest BCUT2D eigenvalue weighted by Crippen LogP contribution is -2.14. The predicted molar refractivity (Wildman–Crippen MR) is 99.7 cm³/mol. The monoisotopic (exact) mass is 390 g/mol. The first-order valence-electron chi connectivity index (χ1n) is 7.90. The summed E-state index contributed by atoms with van der Waals surface area (Å²) >= 11 is 3.61. The van der Waals surface area contributed by atoms with Crippen molar-refractivity contribution in [2.45, 2.75) is 46.1 Å². The van der Waals surface area contributed by atoms with Crippen LogP contribution in [0, 0.1) is 6.92 Å². The minimum atomic E-state index is -0.822. The SMILES string of the molecule is Cc1cc(Br)c(OCc2ccc(CC(=O)O)cc2)c(C(C)(C)C)c1. The quantitative estimate of drug-likeness (QED) is 0.756. The number of benzene rings is 2. The molecule has 2 aromatic carbocycles. The lowest BCUT2D eigenvalue weighted by molar-refractivity contribution is -0.136. The van der Waals surface area contributed by atoms with E-state index in [0.29, 0.717) is 6.61 Å². The molecule has 0 amide bonds. The highest BCUT2D eigenvalue weighted by Crippen LogP contribution is 2.38. The summed E-state index contributed by atoms with van der Waals surface area (Å²) in [5.74, 6) is 0.0418. The third-order valence-electron chi connectivity index (χ3n) is 3.76. The molecule has 4 heteroatoms. The molecule has 0 saturated heterocycles. The summed E-state index contributed by atoms with van der Waals surface area (Å²) in [4.78, 5) is 10.7. The Kier molecular flexibility index (Phi) is 5.70. The van der Waals surface area contributed by atoms with E-state index in [-0.39, 0.29) is 11.8 Å². The number of ether oxygens (including phenoxy) is 1. The van der Waals surface area contributed by atoms with Crippen molar-refractivity contribution < 1.29 is 14.6 Å². The van der Waals surface area contributed by atoms with Gasteiger partial charge in [-0.05, 0) is 51.0 Å². The predicted octanol–water partition coefficient (Wildman–Crippen LogP) is 5.26. The van der Waals surface area contributed by atoms with Crippen molar-refractivity contribution in [3.05, 3.63) is 63.1 Å². The Morgan fingerprint density at radius 2 is 1.71 bits per heavy atom. The standard InChI is InChI=1S/C20H23BrO3/c1-13-9-16(20(2,3)4)19(17(21)10-13)24-12-15-7-5-14(6-8-15)11-18(22)23/h5-10H,11-12H2,1-4H3,(H,22,23). The first-order chi connectivity index (χ1) is 11.2. The Bertz CT molecular complexity index is 728. The van der Waals surface area contributed by atoms with Crippen LogP contribution in [0.2, 0.25) is 0 Å². The first-order valence-corrected chi connectivity index (χ1v) is 8.69. The van der Waals surface area contributed by atoms with Crippen molar-refractivity contribution >= 4 is 21.9 Å². The number of halogens is 1. The van der Waals surface area contributed by atoms with E-state index in [1.165, 1.54) is 5.56 Å². The van der Waals surface area contributed by atoms with Gasteiger partial charge in [-0.3, -0.25) is 4.79 Å². The van der Waals surface area contributed by atoms with E-state index in [1.807, 2.05) is 24.3 Å². The second kappa shape index (κ2) is 7.39. The van der Waals surface area contributed by atoms with Crippen LogP contribution in [0.4, 0.5) is 0 Å². The molecule has 2 aromatic rings. The Balaban J connectivity index is 2.19. The zero-order valence-corrected chi connectivity index (χ0v) is 16.1. The number of hydrogen-bond donors (Lipinski definition) is 1. The van der Waals surface area contributed by atoms with Gasteiger partial charge in [0.25, 0.3) is 0 Å². The van der Waals surface area contributed by atoms with Gasteiger partial charge in [0.1, 0.15) is 12.4 Å². The molecule has 0 saturated carbocycles. The van der Waals surface area contributed by atoms with E-state index >= 15 is 0 Å². The van der Waals surface area contributed by atoms with Crippen molar-refractivity contribution in [1.82, 2.24) is 0 Å². The van der Waals surface area contributed by atoms with Crippen LogP contribution in [-0.4, -0.2) is 11.1 Å². The second-order valence-corrected chi connectivity index (χ2v) is 7.90. The number of carbonyl (C=O) groups is 1. The van der Waals surface area contributed by atoms with Gasteiger partial charge >= 0.3 is 5.97 Å². The Hall–Kier alpha value is -1.81. The van der Waals surface area contributed by atoms with Gasteiger partial charge in [0.05, 0.1) is 10.9 Å². The summed E-state index contributed by atoms with van der Waals surface area (Å²) in [6.07, 6.45) is 0.0405. The number of carboxylic acid groups (broad SMARTS) is 1. The average molecular weight is 391 g/mol. The maximum atomic E-state index is 10.7. The third-order valence-corrected chi connectivity index (χ3v) is 4.35. The largest absolute Gasteiger partial charge is 0.487 e. The molecule has 0 spiro atoms. The highest BCUT2D eigenvalue weighted by Gasteiger charge is 2.21. The van der Waals surface area contributed by atoms with E-state index in [2.05, 4.69) is 55.8 Å². The number of rotatable bonds is 5. The van der Waals surface area contributed by atoms with E-state index in [1.54, 1.807) is 0 Å². The molecule has 1 N–H and O–H groups in total. The summed E-state index contributed by atoms with van der Waals surface area (Å²) in [7, 11) is 0. The normalized spacial score (nSPS) is 11.4. The van der Waals surface area contributed by atoms with Crippen LogP contribution in [0.15, 0.2) is 40.9 Å². The summed E-state index contributed by atoms with van der Waals surface area (Å²) in [5, 5.41) is 8.82. The lowest BCUT2D eigenvalue weighted by atomic mass is 9.85. The van der Waals surface area contributed by atoms with E-state index < -0.39 is 5.97 Å². The molecule has 0 aliphatic rings. The summed E-state index contributed by atoms with van der Waals surface area (Å²) in [6, 6.07) is 11.7. The average Bonchev–Trinajstić information content (AvgIpc) is 2.45. The van der Waals surface area contributed by atoms with Crippen LogP contribution in [0.5, 0.6) is 5.75 Å². The van der Waals surface area contributed by atoms with Crippen LogP contribution in [0.3, 0.4) is 0 Å². The van der Waals surface area contributed by atoms with Crippen LogP contribution in [-0.2, 0) is 23.2 Å². The van der Waals surface area contributed by atoms with Crippen molar-refractivity contribution in [3.63, 3.8) is 0 Å². The maximum Gasteiger partial charge on any atom is 0.307 e. The maximum absolute atomic E-state index is 10.7. The molecule has 0 unspecified atom stereocenters. The van der Waals surface area contributed by atoms with Crippen LogP contribution < -0.4 is 4.74 Å². The molecule has 0 heterocycles. The van der Waals surface area contributed by atoms with Crippen molar-refractivity contribution in [1.29, 1.82) is 0 Å². The van der Waals surface area contributed by atoms with Gasteiger partial charge in [-0.1, -0.05) is 51.1 Å². The zero-order chi connectivity index (χ0) is 17.9. The van der Waals surface area contributed by atoms with Crippen molar-refractivity contribution in [3.8, 4) is 5.75 Å². The lowest BCUT2D eigenvalue weighted by Gasteiger charge is -2.24. The van der Waals surface area contributed by atoms with E-state index in [9.17, 15) is 4.79 Å². The fourth-order valence-corrected chi connectivity index (χ4v) is 3.21. The zero-order valence-electron chi connectivity index (χ0n) is 14.5. The molecule has 0 radical (unpaired) electrons. The van der Waals surface area contributed by atoms with Crippen LogP contribution in [0.1, 0.15) is 43.0 Å². The highest BCUT2D eigenvalue weighted by molar-refractivity contribution is 9.10. The fraction of sp³-hybridized carbons (Fsp3) is 0.350. The molecule has 0 aliphatic carbocycles. The molecular formula is C20H23BrO3. The Morgan fingerprint density at radius 1 is 1.12 bits per heavy atom. The number of aryl methyl sites for hydroxylation is 1. The minimum Gasteiger partial charge on any atom is -0.487 e. The summed E-state index contributed by atoms with van der Waals surface area (Å²) < 4.78 is 7.05. The number of aliphatic carboxylic acids is 1. The number of hydrogen-bond acceptors (Lipinski definition) is 2. The van der Waals surface area contributed by atoms with Gasteiger partial charge in [0.2, 0.25) is 0 Å². The van der Waals surface area contributed by atoms with E-state index in [4.69, 9.17) is 9.84 Å². The smallest absolute Gasteiger partial charge is 0.307 e. The highest BCUT2D eigenvalue weighted by atomic mass is 79.9. The summed E-state index contributed by atoms with van der Waals surface area (Å²) in [5.41, 5.74) is 4.14. The summed E-state index contributed by atoms with van der Waals surface area (Å²) in [6.45, 7) is 9.02. The molecule has 0 aromatic heterocycles. The fourth-order valence-electron chi connectivity index (χ4n) is 2.52. The minimum absolute atomic E-state index is 0.0186. The molecule has 0 atom stereocenters. The molecule has 0 bridgehead atoms.